The van der Waals surface area contributed by atoms with E-state index in [1.807, 2.05) is 30.0 Å². The lowest BCUT2D eigenvalue weighted by molar-refractivity contribution is -0.137. The molecule has 0 spiro atoms. The minimum atomic E-state index is -4.43. The monoisotopic (exact) mass is 469 g/mol. The van der Waals surface area contributed by atoms with Crippen LogP contribution >= 0.6 is 0 Å². The summed E-state index contributed by atoms with van der Waals surface area (Å²) in [5.41, 5.74) is 1.29. The van der Waals surface area contributed by atoms with Crippen molar-refractivity contribution in [2.45, 2.75) is 38.9 Å². The lowest BCUT2D eigenvalue weighted by Crippen LogP contribution is -2.51. The summed E-state index contributed by atoms with van der Waals surface area (Å²) in [7, 11) is 0. The highest BCUT2D eigenvalue weighted by Gasteiger charge is 2.34. The molecule has 2 aromatic heterocycles. The number of nitrogens with zero attached hydrogens (tertiary/aromatic N) is 4. The first-order valence-corrected chi connectivity index (χ1v) is 11.2. The van der Waals surface area contributed by atoms with Crippen LogP contribution in [0, 0.1) is 12.8 Å². The fraction of sp³-hybridized carbons (Fsp3) is 0.360. The van der Waals surface area contributed by atoms with Crippen LogP contribution in [0.3, 0.4) is 0 Å². The number of hydrogen-bond donors (Lipinski definition) is 1. The molecule has 4 rings (SSSR count). The molecule has 3 heterocycles. The van der Waals surface area contributed by atoms with Crippen molar-refractivity contribution >= 4 is 11.7 Å². The van der Waals surface area contributed by atoms with Crippen LogP contribution in [0.4, 0.5) is 19.0 Å². The molecular formula is C25H26F3N5O. The largest absolute Gasteiger partial charge is 0.417 e. The molecule has 1 unspecified atom stereocenters. The third-order valence-corrected chi connectivity index (χ3v) is 6.25. The number of amides is 1. The van der Waals surface area contributed by atoms with Crippen LogP contribution in [0.15, 0.2) is 55.0 Å². The zero-order valence-corrected chi connectivity index (χ0v) is 19.0. The molecule has 0 radical (unpaired) electrons. The molecule has 34 heavy (non-hydrogen) atoms. The molecule has 1 aliphatic rings. The lowest BCUT2D eigenvalue weighted by atomic mass is 9.89. The van der Waals surface area contributed by atoms with Crippen molar-refractivity contribution in [2.24, 2.45) is 5.92 Å². The summed E-state index contributed by atoms with van der Waals surface area (Å²) in [6.07, 6.45) is 1.51. The first-order valence-electron chi connectivity index (χ1n) is 11.2. The summed E-state index contributed by atoms with van der Waals surface area (Å²) in [4.78, 5) is 28.3. The number of nitrogens with one attached hydrogen (secondary N) is 1. The second-order valence-corrected chi connectivity index (χ2v) is 8.57. The van der Waals surface area contributed by atoms with Gasteiger partial charge in [-0.05, 0) is 49.4 Å². The quantitative estimate of drug-likeness (QED) is 0.555. The Morgan fingerprint density at radius 3 is 2.56 bits per heavy atom. The minimum absolute atomic E-state index is 0.0979. The summed E-state index contributed by atoms with van der Waals surface area (Å²) in [6.45, 7) is 4.96. The van der Waals surface area contributed by atoms with Gasteiger partial charge in [0.25, 0.3) is 5.91 Å². The number of anilines is 1. The number of hydrogen-bond acceptors (Lipinski definition) is 5. The van der Waals surface area contributed by atoms with E-state index in [4.69, 9.17) is 0 Å². The van der Waals surface area contributed by atoms with E-state index in [0.29, 0.717) is 35.9 Å². The average Bonchev–Trinajstić information content (AvgIpc) is 2.83. The van der Waals surface area contributed by atoms with Gasteiger partial charge < -0.3 is 10.2 Å². The zero-order chi connectivity index (χ0) is 24.3. The predicted octanol–water partition coefficient (Wildman–Crippen LogP) is 5.22. The minimum Gasteiger partial charge on any atom is -0.368 e. The van der Waals surface area contributed by atoms with Crippen LogP contribution in [0.2, 0.25) is 0 Å². The zero-order valence-electron chi connectivity index (χ0n) is 19.0. The van der Waals surface area contributed by atoms with Gasteiger partial charge in [0.1, 0.15) is 5.82 Å². The number of rotatable bonds is 5. The van der Waals surface area contributed by atoms with Crippen LogP contribution in [-0.4, -0.2) is 44.9 Å². The molecule has 0 bridgehead atoms. The third kappa shape index (κ3) is 5.03. The van der Waals surface area contributed by atoms with Crippen LogP contribution in [-0.2, 0) is 6.18 Å². The number of pyridine rings is 1. The summed E-state index contributed by atoms with van der Waals surface area (Å²) < 4.78 is 38.5. The number of likely N-dealkylation sites (tertiary alicyclic amines) is 1. The highest BCUT2D eigenvalue weighted by atomic mass is 19.4. The van der Waals surface area contributed by atoms with Gasteiger partial charge in [0.2, 0.25) is 0 Å². The van der Waals surface area contributed by atoms with Gasteiger partial charge in [0, 0.05) is 37.2 Å². The van der Waals surface area contributed by atoms with Crippen molar-refractivity contribution in [2.75, 3.05) is 18.4 Å². The topological polar surface area (TPSA) is 71.0 Å². The van der Waals surface area contributed by atoms with E-state index in [9.17, 15) is 18.0 Å². The second kappa shape index (κ2) is 9.79. The van der Waals surface area contributed by atoms with E-state index >= 15 is 0 Å². The molecule has 1 aliphatic heterocycles. The van der Waals surface area contributed by atoms with Gasteiger partial charge in [-0.1, -0.05) is 25.1 Å². The molecule has 0 aliphatic carbocycles. The highest BCUT2D eigenvalue weighted by molar-refractivity contribution is 6.01. The summed E-state index contributed by atoms with van der Waals surface area (Å²) in [5.74, 6) is 0.940. The van der Waals surface area contributed by atoms with E-state index in [-0.39, 0.29) is 17.9 Å². The van der Waals surface area contributed by atoms with Crippen LogP contribution in [0.5, 0.6) is 0 Å². The van der Waals surface area contributed by atoms with Gasteiger partial charge in [-0.2, -0.15) is 13.2 Å². The van der Waals surface area contributed by atoms with Crippen molar-refractivity contribution in [3.8, 4) is 11.4 Å². The predicted molar refractivity (Wildman–Crippen MR) is 123 cm³/mol. The number of carbonyl (C=O) groups excluding carboxylic acids is 1. The maximum absolute atomic E-state index is 13.8. The van der Waals surface area contributed by atoms with Gasteiger partial charge >= 0.3 is 6.18 Å². The molecular weight excluding hydrogens is 443 g/mol. The van der Waals surface area contributed by atoms with Crippen LogP contribution in [0.25, 0.3) is 11.4 Å². The van der Waals surface area contributed by atoms with Crippen molar-refractivity contribution < 1.29 is 18.0 Å². The first kappa shape index (κ1) is 23.7. The van der Waals surface area contributed by atoms with Crippen molar-refractivity contribution in [3.63, 3.8) is 0 Å². The third-order valence-electron chi connectivity index (χ3n) is 6.25. The normalized spacial score (nSPS) is 18.6. The van der Waals surface area contributed by atoms with E-state index in [1.54, 1.807) is 18.5 Å². The molecule has 1 fully saturated rings. The molecule has 1 amide bonds. The Morgan fingerprint density at radius 2 is 1.88 bits per heavy atom. The Bertz CT molecular complexity index is 1140. The number of carbonyl (C=O) groups is 1. The SMILES string of the molecule is Cc1cccc(-c2ncccn2)c1C(=O)N1CCCC(C)[C@H]1CNc1ccc(C(F)(F)F)cn1. The fourth-order valence-corrected chi connectivity index (χ4v) is 4.41. The fourth-order valence-electron chi connectivity index (χ4n) is 4.41. The number of benzene rings is 1. The Balaban J connectivity index is 1.58. The maximum Gasteiger partial charge on any atom is 0.417 e. The first-order chi connectivity index (χ1) is 16.3. The number of alkyl halides is 3. The smallest absolute Gasteiger partial charge is 0.368 e. The van der Waals surface area contributed by atoms with Crippen molar-refractivity contribution in [1.82, 2.24) is 19.9 Å². The Labute approximate surface area is 196 Å². The number of aromatic nitrogens is 3. The molecule has 3 aromatic rings. The molecule has 0 saturated carbocycles. The molecule has 9 heteroatoms. The highest BCUT2D eigenvalue weighted by Crippen LogP contribution is 2.31. The Hall–Kier alpha value is -3.49. The van der Waals surface area contributed by atoms with Crippen molar-refractivity contribution in [3.05, 3.63) is 71.7 Å². The van der Waals surface area contributed by atoms with Crippen LogP contribution in [0.1, 0.15) is 41.3 Å². The lowest BCUT2D eigenvalue weighted by Gasteiger charge is -2.40. The number of piperidine rings is 1. The summed E-state index contributed by atoms with van der Waals surface area (Å²) in [6, 6.07) is 9.52. The molecule has 1 N–H and O–H groups in total. The molecule has 2 atom stereocenters. The van der Waals surface area contributed by atoms with Gasteiger partial charge in [-0.25, -0.2) is 15.0 Å². The van der Waals surface area contributed by atoms with Crippen LogP contribution < -0.4 is 5.32 Å². The Kier molecular flexibility index (Phi) is 6.81. The van der Waals surface area contributed by atoms with E-state index in [1.165, 1.54) is 6.07 Å². The van der Waals surface area contributed by atoms with Gasteiger partial charge in [0.15, 0.2) is 5.82 Å². The van der Waals surface area contributed by atoms with Crippen molar-refractivity contribution in [1.29, 1.82) is 0 Å². The van der Waals surface area contributed by atoms with E-state index in [0.717, 1.165) is 30.7 Å². The Morgan fingerprint density at radius 1 is 1.12 bits per heavy atom. The maximum atomic E-state index is 13.8. The molecule has 1 saturated heterocycles. The van der Waals surface area contributed by atoms with Gasteiger partial charge in [-0.15, -0.1) is 0 Å². The second-order valence-electron chi connectivity index (χ2n) is 8.57. The standard InChI is InChI=1S/C25H26F3N5O/c1-16-7-4-13-33(20(16)15-32-21-10-9-18(14-31-21)25(26,27)28)24(34)22-17(2)6-3-8-19(22)23-29-11-5-12-30-23/h3,5-6,8-12,14,16,20H,4,7,13,15H2,1-2H3,(H,31,32)/t16?,20-/m1/s1. The molecule has 6 nitrogen and oxygen atoms in total. The summed E-state index contributed by atoms with van der Waals surface area (Å²) >= 11 is 0. The number of aryl methyl sites for hydroxylation is 1. The summed E-state index contributed by atoms with van der Waals surface area (Å²) in [5, 5.41) is 3.12. The van der Waals surface area contributed by atoms with E-state index < -0.39 is 11.7 Å². The van der Waals surface area contributed by atoms with E-state index in [2.05, 4.69) is 27.2 Å². The van der Waals surface area contributed by atoms with Gasteiger partial charge in [0.05, 0.1) is 17.2 Å². The average molecular weight is 470 g/mol. The van der Waals surface area contributed by atoms with Gasteiger partial charge in [-0.3, -0.25) is 4.79 Å². The molecule has 178 valence electrons. The number of halogens is 3. The molecule has 1 aromatic carbocycles.